The summed E-state index contributed by atoms with van der Waals surface area (Å²) in [6.07, 6.45) is 0. The van der Waals surface area contributed by atoms with Gasteiger partial charge in [-0.05, 0) is 41.0 Å². The fraction of sp³-hybridized carbons (Fsp3) is 0.323. The smallest absolute Gasteiger partial charge is 0.265 e. The third-order valence-corrected chi connectivity index (χ3v) is 8.34. The van der Waals surface area contributed by atoms with E-state index in [-0.39, 0.29) is 41.9 Å². The zero-order chi connectivity index (χ0) is 29.8. The van der Waals surface area contributed by atoms with Crippen molar-refractivity contribution >= 4 is 46.6 Å². The Kier molecular flexibility index (Phi) is 9.33. The highest BCUT2D eigenvalue weighted by Gasteiger charge is 2.32. The van der Waals surface area contributed by atoms with Gasteiger partial charge in [0.1, 0.15) is 12.3 Å². The lowest BCUT2D eigenvalue weighted by Crippen LogP contribution is -2.48. The first-order chi connectivity index (χ1) is 20.2. The van der Waals surface area contributed by atoms with E-state index in [4.69, 9.17) is 32.7 Å². The second-order valence-corrected chi connectivity index (χ2v) is 11.0. The number of carbonyl (C=O) groups is 3. The van der Waals surface area contributed by atoms with Gasteiger partial charge in [-0.25, -0.2) is 0 Å². The number of anilines is 1. The van der Waals surface area contributed by atoms with E-state index in [9.17, 15) is 14.4 Å². The fourth-order valence-electron chi connectivity index (χ4n) is 5.15. The van der Waals surface area contributed by atoms with Gasteiger partial charge in [0.05, 0.1) is 35.0 Å². The van der Waals surface area contributed by atoms with E-state index in [0.717, 1.165) is 29.8 Å². The zero-order valence-corrected chi connectivity index (χ0v) is 25.0. The second-order valence-electron chi connectivity index (χ2n) is 10.2. The van der Waals surface area contributed by atoms with Crippen LogP contribution in [0.4, 0.5) is 5.69 Å². The molecule has 220 valence electrons. The normalized spacial score (nSPS) is 15.9. The predicted molar refractivity (Wildman–Crippen MR) is 162 cm³/mol. The number of nitrogens with one attached hydrogen (secondary N) is 1. The van der Waals surface area contributed by atoms with Gasteiger partial charge in [0, 0.05) is 45.4 Å². The van der Waals surface area contributed by atoms with Crippen molar-refractivity contribution in [2.45, 2.75) is 6.04 Å². The van der Waals surface area contributed by atoms with E-state index in [0.29, 0.717) is 41.8 Å². The van der Waals surface area contributed by atoms with Gasteiger partial charge in [-0.1, -0.05) is 53.5 Å². The Balaban J connectivity index is 1.42. The summed E-state index contributed by atoms with van der Waals surface area (Å²) in [5.74, 6) is -0.317. The van der Waals surface area contributed by atoms with Crippen LogP contribution in [0.5, 0.6) is 5.75 Å². The van der Waals surface area contributed by atoms with Crippen molar-refractivity contribution in [3.05, 3.63) is 81.8 Å². The molecule has 0 unspecified atom stereocenters. The minimum atomic E-state index is -0.338. The lowest BCUT2D eigenvalue weighted by Gasteiger charge is -2.37. The number of hydrogen-bond acceptors (Lipinski definition) is 6. The number of hydrogen-bond donors (Lipinski definition) is 1. The number of fused-ring (bicyclic) bond motifs is 1. The Labute approximate surface area is 254 Å². The fourth-order valence-corrected chi connectivity index (χ4v) is 5.47. The molecule has 3 amide bonds. The van der Waals surface area contributed by atoms with Crippen LogP contribution in [0.15, 0.2) is 60.7 Å². The van der Waals surface area contributed by atoms with Gasteiger partial charge in [-0.3, -0.25) is 24.2 Å². The van der Waals surface area contributed by atoms with Gasteiger partial charge in [0.15, 0.2) is 6.61 Å². The summed E-state index contributed by atoms with van der Waals surface area (Å²) in [6.45, 7) is 3.00. The average molecular weight is 612 g/mol. The number of ether oxygens (including phenoxy) is 2. The Morgan fingerprint density at radius 2 is 1.71 bits per heavy atom. The van der Waals surface area contributed by atoms with Gasteiger partial charge in [-0.2, -0.15) is 0 Å². The first-order valence-electron chi connectivity index (χ1n) is 13.7. The summed E-state index contributed by atoms with van der Waals surface area (Å²) >= 11 is 12.4. The maximum absolute atomic E-state index is 13.8. The number of amides is 3. The molecule has 1 N–H and O–H groups in total. The van der Waals surface area contributed by atoms with Crippen LogP contribution >= 0.6 is 23.2 Å². The Morgan fingerprint density at radius 1 is 1.00 bits per heavy atom. The van der Waals surface area contributed by atoms with Crippen LogP contribution in [0, 0.1) is 0 Å². The summed E-state index contributed by atoms with van der Waals surface area (Å²) in [4.78, 5) is 44.0. The third-order valence-electron chi connectivity index (χ3n) is 7.61. The van der Waals surface area contributed by atoms with Crippen LogP contribution in [0.1, 0.15) is 22.0 Å². The molecular formula is C31H32Cl2N4O5. The van der Waals surface area contributed by atoms with Crippen LogP contribution in [-0.2, 0) is 14.3 Å². The number of nitrogens with zero attached hydrogens (tertiary/aromatic N) is 3. The molecule has 2 aliphatic heterocycles. The highest BCUT2D eigenvalue weighted by molar-refractivity contribution is 6.42. The molecule has 11 heteroatoms. The maximum atomic E-state index is 13.8. The van der Waals surface area contributed by atoms with Gasteiger partial charge in [0.25, 0.3) is 11.8 Å². The second kappa shape index (κ2) is 13.1. The first-order valence-corrected chi connectivity index (χ1v) is 14.4. The maximum Gasteiger partial charge on any atom is 0.265 e. The molecule has 42 heavy (non-hydrogen) atoms. The Hall–Kier alpha value is -3.63. The molecule has 3 aromatic carbocycles. The predicted octanol–water partition coefficient (Wildman–Crippen LogP) is 4.28. The van der Waals surface area contributed by atoms with Crippen molar-refractivity contribution in [2.24, 2.45) is 0 Å². The van der Waals surface area contributed by atoms with Crippen molar-refractivity contribution in [3.8, 4) is 16.9 Å². The Bertz CT molecular complexity index is 1480. The molecule has 9 nitrogen and oxygen atoms in total. The number of rotatable bonds is 8. The SMILES string of the molecule is CNC(=O)c1ccc(-c2cccc([C@@H](CN3CCOCC3)N(C)C(=O)CN3C(=O)COc4cc(Cl)c(Cl)cc43)c2)cc1. The molecular weight excluding hydrogens is 579 g/mol. The topological polar surface area (TPSA) is 91.4 Å². The van der Waals surface area contributed by atoms with E-state index >= 15 is 0 Å². The van der Waals surface area contributed by atoms with Gasteiger partial charge in [-0.15, -0.1) is 0 Å². The minimum Gasteiger partial charge on any atom is -0.482 e. The molecule has 1 fully saturated rings. The lowest BCUT2D eigenvalue weighted by atomic mass is 9.97. The van der Waals surface area contributed by atoms with Crippen LogP contribution in [0.3, 0.4) is 0 Å². The molecule has 1 saturated heterocycles. The van der Waals surface area contributed by atoms with Crippen LogP contribution in [0.2, 0.25) is 10.0 Å². The molecule has 3 aromatic rings. The van der Waals surface area contributed by atoms with Gasteiger partial charge < -0.3 is 19.7 Å². The van der Waals surface area contributed by atoms with E-state index in [1.165, 1.54) is 4.90 Å². The van der Waals surface area contributed by atoms with E-state index < -0.39 is 0 Å². The molecule has 0 bridgehead atoms. The van der Waals surface area contributed by atoms with E-state index in [1.807, 2.05) is 30.3 Å². The molecule has 0 spiro atoms. The highest BCUT2D eigenvalue weighted by atomic mass is 35.5. The lowest BCUT2D eigenvalue weighted by molar-refractivity contribution is -0.133. The number of likely N-dealkylation sites (N-methyl/N-ethyl adjacent to an activating group) is 1. The first kappa shape index (κ1) is 29.8. The minimum absolute atomic E-state index is 0.146. The van der Waals surface area contributed by atoms with Crippen molar-refractivity contribution < 1.29 is 23.9 Å². The highest BCUT2D eigenvalue weighted by Crippen LogP contribution is 2.39. The standard InChI is InChI=1S/C31H32Cl2N4O5/c1-34-31(40)21-8-6-20(7-9-21)22-4-3-5-23(14-22)27(17-36-10-12-41-13-11-36)35(2)29(38)18-37-26-15-24(32)25(33)16-28(26)42-19-30(37)39/h3-9,14-16,27H,10-13,17-19H2,1-2H3,(H,34,40)/t27-/m1/s1. The van der Waals surface area contributed by atoms with Crippen molar-refractivity contribution in [1.29, 1.82) is 0 Å². The molecule has 1 atom stereocenters. The molecule has 2 heterocycles. The molecule has 0 radical (unpaired) electrons. The van der Waals surface area contributed by atoms with Crippen molar-refractivity contribution in [2.75, 3.05) is 65.0 Å². The molecule has 0 aromatic heterocycles. The largest absolute Gasteiger partial charge is 0.482 e. The molecule has 0 saturated carbocycles. The van der Waals surface area contributed by atoms with E-state index in [2.05, 4.69) is 16.3 Å². The number of carbonyl (C=O) groups excluding carboxylic acids is 3. The van der Waals surface area contributed by atoms with Gasteiger partial charge >= 0.3 is 0 Å². The summed E-state index contributed by atoms with van der Waals surface area (Å²) in [5, 5.41) is 3.21. The van der Waals surface area contributed by atoms with Crippen molar-refractivity contribution in [1.82, 2.24) is 15.1 Å². The van der Waals surface area contributed by atoms with E-state index in [1.54, 1.807) is 43.3 Å². The molecule has 0 aliphatic carbocycles. The average Bonchev–Trinajstić information content (AvgIpc) is 3.02. The Morgan fingerprint density at radius 3 is 2.43 bits per heavy atom. The summed E-state index contributed by atoms with van der Waals surface area (Å²) in [5.41, 5.74) is 3.86. The summed E-state index contributed by atoms with van der Waals surface area (Å²) in [6, 6.07) is 18.3. The summed E-state index contributed by atoms with van der Waals surface area (Å²) < 4.78 is 11.1. The number of benzene rings is 3. The molecule has 5 rings (SSSR count). The van der Waals surface area contributed by atoms with Crippen LogP contribution in [0.25, 0.3) is 11.1 Å². The van der Waals surface area contributed by atoms with Gasteiger partial charge in [0.2, 0.25) is 5.91 Å². The number of morpholine rings is 1. The summed E-state index contributed by atoms with van der Waals surface area (Å²) in [7, 11) is 3.36. The zero-order valence-electron chi connectivity index (χ0n) is 23.4. The quantitative estimate of drug-likeness (QED) is 0.409. The van der Waals surface area contributed by atoms with Crippen LogP contribution < -0.4 is 15.0 Å². The monoisotopic (exact) mass is 610 g/mol. The number of halogens is 2. The molecule has 2 aliphatic rings. The third kappa shape index (κ3) is 6.55. The van der Waals surface area contributed by atoms with Crippen molar-refractivity contribution in [3.63, 3.8) is 0 Å². The van der Waals surface area contributed by atoms with Crippen LogP contribution in [-0.4, -0.2) is 87.6 Å².